The molecule has 0 spiro atoms. The van der Waals surface area contributed by atoms with Crippen LogP contribution in [0.5, 0.6) is 0 Å². The summed E-state index contributed by atoms with van der Waals surface area (Å²) in [5.41, 5.74) is 3.06. The second kappa shape index (κ2) is 8.19. The van der Waals surface area contributed by atoms with Crippen molar-refractivity contribution in [3.63, 3.8) is 0 Å². The number of aliphatic hydroxyl groups excluding tert-OH is 1. The standard InChI is InChI=1S/C21H31N5O2/c1-15-11-16(12-17-14-22-23-20(15)17)13-19(27)21(28)26-9-7-25(8-10-26)18-3-5-24(2)6-4-18/h11-12,14,18-19,27H,3-10,13H2,1-2H3,(H,22,23). The molecular weight excluding hydrogens is 354 g/mol. The van der Waals surface area contributed by atoms with E-state index in [2.05, 4.69) is 27.0 Å². The highest BCUT2D eigenvalue weighted by molar-refractivity contribution is 5.83. The number of carbonyl (C=O) groups excluding carboxylic acids is 1. The van der Waals surface area contributed by atoms with E-state index in [0.717, 1.165) is 48.2 Å². The van der Waals surface area contributed by atoms with E-state index in [9.17, 15) is 9.90 Å². The Hall–Kier alpha value is -1.96. The highest BCUT2D eigenvalue weighted by Gasteiger charge is 2.30. The number of aliphatic hydroxyl groups is 1. The van der Waals surface area contributed by atoms with Crippen LogP contribution in [-0.2, 0) is 11.2 Å². The van der Waals surface area contributed by atoms with Crippen molar-refractivity contribution >= 4 is 16.8 Å². The maximum absolute atomic E-state index is 12.8. The Labute approximate surface area is 166 Å². The Balaban J connectivity index is 1.31. The number of piperidine rings is 1. The van der Waals surface area contributed by atoms with Gasteiger partial charge in [0.1, 0.15) is 6.10 Å². The lowest BCUT2D eigenvalue weighted by Gasteiger charge is -2.42. The lowest BCUT2D eigenvalue weighted by molar-refractivity contribution is -0.142. The normalized spacial score (nSPS) is 21.3. The van der Waals surface area contributed by atoms with E-state index >= 15 is 0 Å². The Morgan fingerprint density at radius 3 is 2.64 bits per heavy atom. The van der Waals surface area contributed by atoms with Crippen molar-refractivity contribution in [3.05, 3.63) is 29.5 Å². The lowest BCUT2D eigenvalue weighted by atomic mass is 10.0. The van der Waals surface area contributed by atoms with Crippen LogP contribution >= 0.6 is 0 Å². The van der Waals surface area contributed by atoms with Gasteiger partial charge in [-0.15, -0.1) is 0 Å². The summed E-state index contributed by atoms with van der Waals surface area (Å²) in [6.45, 7) is 7.57. The van der Waals surface area contributed by atoms with E-state index in [-0.39, 0.29) is 5.91 Å². The van der Waals surface area contributed by atoms with Crippen LogP contribution in [-0.4, -0.2) is 94.4 Å². The molecule has 7 heteroatoms. The molecule has 1 atom stereocenters. The molecule has 3 heterocycles. The largest absolute Gasteiger partial charge is 0.383 e. The second-order valence-electron chi connectivity index (χ2n) is 8.36. The molecule has 28 heavy (non-hydrogen) atoms. The molecule has 2 N–H and O–H groups in total. The summed E-state index contributed by atoms with van der Waals surface area (Å²) in [6.07, 6.45) is 3.56. The van der Waals surface area contributed by atoms with E-state index in [0.29, 0.717) is 25.6 Å². The molecule has 2 aliphatic rings. The zero-order valence-corrected chi connectivity index (χ0v) is 16.9. The molecule has 152 valence electrons. The molecule has 0 aliphatic carbocycles. The molecule has 0 bridgehead atoms. The van der Waals surface area contributed by atoms with Crippen molar-refractivity contribution in [2.75, 3.05) is 46.3 Å². The van der Waals surface area contributed by atoms with Gasteiger partial charge in [0, 0.05) is 44.0 Å². The number of hydrogen-bond acceptors (Lipinski definition) is 5. The number of nitrogens with one attached hydrogen (secondary N) is 1. The zero-order chi connectivity index (χ0) is 19.7. The average molecular weight is 386 g/mol. The van der Waals surface area contributed by atoms with Crippen LogP contribution in [0.1, 0.15) is 24.0 Å². The summed E-state index contributed by atoms with van der Waals surface area (Å²) in [6, 6.07) is 4.66. The molecule has 1 unspecified atom stereocenters. The van der Waals surface area contributed by atoms with Crippen molar-refractivity contribution in [2.24, 2.45) is 0 Å². The third kappa shape index (κ3) is 4.06. The minimum Gasteiger partial charge on any atom is -0.383 e. The number of hydrogen-bond donors (Lipinski definition) is 2. The van der Waals surface area contributed by atoms with Crippen molar-refractivity contribution < 1.29 is 9.90 Å². The minimum atomic E-state index is -0.987. The molecular formula is C21H31N5O2. The van der Waals surface area contributed by atoms with E-state index < -0.39 is 6.10 Å². The number of benzene rings is 1. The lowest BCUT2D eigenvalue weighted by Crippen LogP contribution is -2.55. The Morgan fingerprint density at radius 2 is 1.93 bits per heavy atom. The van der Waals surface area contributed by atoms with Crippen molar-refractivity contribution in [1.82, 2.24) is 24.9 Å². The van der Waals surface area contributed by atoms with Crippen LogP contribution in [0.2, 0.25) is 0 Å². The summed E-state index contributed by atoms with van der Waals surface area (Å²) in [5.74, 6) is -0.145. The molecule has 2 saturated heterocycles. The zero-order valence-electron chi connectivity index (χ0n) is 16.9. The third-order valence-corrected chi connectivity index (χ3v) is 6.35. The number of likely N-dealkylation sites (tertiary alicyclic amines) is 1. The number of fused-ring (bicyclic) bond motifs is 1. The van der Waals surface area contributed by atoms with Crippen LogP contribution in [0.25, 0.3) is 10.9 Å². The van der Waals surface area contributed by atoms with Gasteiger partial charge in [0.05, 0.1) is 11.7 Å². The monoisotopic (exact) mass is 385 g/mol. The smallest absolute Gasteiger partial charge is 0.251 e. The highest BCUT2D eigenvalue weighted by Crippen LogP contribution is 2.21. The first kappa shape index (κ1) is 19.4. The van der Waals surface area contributed by atoms with Gasteiger partial charge in [-0.3, -0.25) is 14.8 Å². The number of aromatic nitrogens is 2. The molecule has 2 fully saturated rings. The van der Waals surface area contributed by atoms with Gasteiger partial charge in [-0.2, -0.15) is 5.10 Å². The first-order valence-corrected chi connectivity index (χ1v) is 10.3. The second-order valence-corrected chi connectivity index (χ2v) is 8.36. The summed E-state index contributed by atoms with van der Waals surface area (Å²) in [5, 5.41) is 18.6. The Morgan fingerprint density at radius 1 is 1.21 bits per heavy atom. The molecule has 1 aromatic heterocycles. The summed E-state index contributed by atoms with van der Waals surface area (Å²) < 4.78 is 0. The van der Waals surface area contributed by atoms with Gasteiger partial charge in [-0.05, 0) is 57.1 Å². The molecule has 1 aromatic carbocycles. The minimum absolute atomic E-state index is 0.145. The fraction of sp³-hybridized carbons (Fsp3) is 0.619. The molecule has 7 nitrogen and oxygen atoms in total. The van der Waals surface area contributed by atoms with Crippen molar-refractivity contribution in [2.45, 2.75) is 38.3 Å². The summed E-state index contributed by atoms with van der Waals surface area (Å²) in [4.78, 5) is 19.5. The predicted octanol–water partition coefficient (Wildman–Crippen LogP) is 1.01. The fourth-order valence-corrected chi connectivity index (χ4v) is 4.62. The first-order chi connectivity index (χ1) is 13.5. The van der Waals surface area contributed by atoms with Gasteiger partial charge < -0.3 is 14.9 Å². The number of rotatable bonds is 4. The van der Waals surface area contributed by atoms with E-state index in [1.54, 1.807) is 6.20 Å². The van der Waals surface area contributed by atoms with E-state index in [1.807, 2.05) is 24.0 Å². The van der Waals surface area contributed by atoms with Crippen LogP contribution < -0.4 is 0 Å². The number of amides is 1. The van der Waals surface area contributed by atoms with Crippen LogP contribution in [0, 0.1) is 6.92 Å². The number of nitrogens with zero attached hydrogens (tertiary/aromatic N) is 4. The van der Waals surface area contributed by atoms with Gasteiger partial charge in [-0.1, -0.05) is 6.07 Å². The molecule has 0 saturated carbocycles. The number of H-pyrrole nitrogens is 1. The number of carbonyl (C=O) groups is 1. The third-order valence-electron chi connectivity index (χ3n) is 6.35. The predicted molar refractivity (Wildman–Crippen MR) is 109 cm³/mol. The summed E-state index contributed by atoms with van der Waals surface area (Å²) >= 11 is 0. The SMILES string of the molecule is Cc1cc(CC(O)C(=O)N2CCN(C3CCN(C)CC3)CC2)cc2cn[nH]c12. The van der Waals surface area contributed by atoms with E-state index in [4.69, 9.17) is 0 Å². The average Bonchev–Trinajstić information content (AvgIpc) is 3.17. The van der Waals surface area contributed by atoms with Crippen molar-refractivity contribution in [1.29, 1.82) is 0 Å². The van der Waals surface area contributed by atoms with Crippen LogP contribution in [0.3, 0.4) is 0 Å². The van der Waals surface area contributed by atoms with Crippen LogP contribution in [0.15, 0.2) is 18.3 Å². The van der Waals surface area contributed by atoms with Crippen molar-refractivity contribution in [3.8, 4) is 0 Å². The molecule has 1 amide bonds. The van der Waals surface area contributed by atoms with Crippen LogP contribution in [0.4, 0.5) is 0 Å². The molecule has 2 aliphatic heterocycles. The summed E-state index contributed by atoms with van der Waals surface area (Å²) in [7, 11) is 2.18. The maximum Gasteiger partial charge on any atom is 0.251 e. The molecule has 0 radical (unpaired) electrons. The van der Waals surface area contributed by atoms with Gasteiger partial charge in [0.2, 0.25) is 0 Å². The van der Waals surface area contributed by atoms with Gasteiger partial charge in [0.25, 0.3) is 5.91 Å². The van der Waals surface area contributed by atoms with Gasteiger partial charge in [0.15, 0.2) is 0 Å². The first-order valence-electron chi connectivity index (χ1n) is 10.3. The van der Waals surface area contributed by atoms with E-state index in [1.165, 1.54) is 12.8 Å². The quantitative estimate of drug-likeness (QED) is 0.822. The Kier molecular flexibility index (Phi) is 5.66. The number of piperazine rings is 1. The fourth-order valence-electron chi connectivity index (χ4n) is 4.62. The molecule has 2 aromatic rings. The topological polar surface area (TPSA) is 75.7 Å². The number of aromatic amines is 1. The highest BCUT2D eigenvalue weighted by atomic mass is 16.3. The Bertz CT molecular complexity index is 819. The maximum atomic E-state index is 12.8. The number of aryl methyl sites for hydroxylation is 1. The molecule has 4 rings (SSSR count). The van der Waals surface area contributed by atoms with Gasteiger partial charge >= 0.3 is 0 Å². The van der Waals surface area contributed by atoms with Gasteiger partial charge in [-0.25, -0.2) is 0 Å².